The second kappa shape index (κ2) is 7.86. The second-order valence-corrected chi connectivity index (χ2v) is 3.76. The monoisotopic (exact) mass is 217 g/mol. The van der Waals surface area contributed by atoms with Gasteiger partial charge in [0.15, 0.2) is 0 Å². The fourth-order valence-electron chi connectivity index (χ4n) is 1.39. The highest BCUT2D eigenvalue weighted by Crippen LogP contribution is 1.95. The number of pyridine rings is 1. The Morgan fingerprint density at radius 2 is 2.31 bits per heavy atom. The van der Waals surface area contributed by atoms with Crippen LogP contribution in [0.1, 0.15) is 5.69 Å². The van der Waals surface area contributed by atoms with E-state index in [9.17, 15) is 0 Å². The number of terminal acetylenes is 1. The molecule has 0 saturated heterocycles. The molecule has 0 amide bonds. The molecule has 0 aliphatic carbocycles. The molecule has 0 fully saturated rings. The summed E-state index contributed by atoms with van der Waals surface area (Å²) in [4.78, 5) is 6.57. The molecule has 0 aliphatic heterocycles. The number of likely N-dealkylation sites (N-methyl/N-ethyl adjacent to an activating group) is 1. The first-order valence-corrected chi connectivity index (χ1v) is 5.55. The maximum absolute atomic E-state index is 5.15. The van der Waals surface area contributed by atoms with Crippen molar-refractivity contribution in [3.8, 4) is 12.3 Å². The smallest absolute Gasteiger partial charge is 0.0574 e. The van der Waals surface area contributed by atoms with E-state index in [-0.39, 0.29) is 0 Å². The highest BCUT2D eigenvalue weighted by Gasteiger charge is 1.99. The molecule has 0 aromatic carbocycles. The minimum absolute atomic E-state index is 0.647. The molecule has 0 unspecified atom stereocenters. The van der Waals surface area contributed by atoms with Gasteiger partial charge in [-0.25, -0.2) is 0 Å². The predicted molar refractivity (Wildman–Crippen MR) is 67.1 cm³/mol. The normalized spacial score (nSPS) is 10.3. The Morgan fingerprint density at radius 1 is 1.44 bits per heavy atom. The molecular formula is C13H19N3. The largest absolute Gasteiger partial charge is 0.305 e. The van der Waals surface area contributed by atoms with Crippen LogP contribution in [0.25, 0.3) is 0 Å². The fraction of sp³-hybridized carbons (Fsp3) is 0.462. The molecule has 16 heavy (non-hydrogen) atoms. The molecule has 0 bridgehead atoms. The molecule has 1 heterocycles. The van der Waals surface area contributed by atoms with Gasteiger partial charge in [-0.3, -0.25) is 4.98 Å². The van der Waals surface area contributed by atoms with Crippen LogP contribution in [0.4, 0.5) is 0 Å². The molecule has 0 aliphatic rings. The molecule has 3 nitrogen and oxygen atoms in total. The van der Waals surface area contributed by atoms with E-state index in [2.05, 4.69) is 34.2 Å². The number of aromatic nitrogens is 1. The van der Waals surface area contributed by atoms with Crippen LogP contribution in [0, 0.1) is 12.3 Å². The lowest BCUT2D eigenvalue weighted by Gasteiger charge is -2.16. The summed E-state index contributed by atoms with van der Waals surface area (Å²) in [5.74, 6) is 2.56. The van der Waals surface area contributed by atoms with Crippen LogP contribution in [0.15, 0.2) is 24.4 Å². The summed E-state index contributed by atoms with van der Waals surface area (Å²) < 4.78 is 0. The predicted octanol–water partition coefficient (Wildman–Crippen LogP) is 0.779. The third kappa shape index (κ3) is 5.50. The topological polar surface area (TPSA) is 28.2 Å². The highest BCUT2D eigenvalue weighted by molar-refractivity contribution is 5.03. The first kappa shape index (κ1) is 12.7. The lowest BCUT2D eigenvalue weighted by molar-refractivity contribution is 0.337. The van der Waals surface area contributed by atoms with Crippen molar-refractivity contribution in [3.05, 3.63) is 30.1 Å². The van der Waals surface area contributed by atoms with Crippen molar-refractivity contribution in [2.45, 2.75) is 6.42 Å². The third-order valence-corrected chi connectivity index (χ3v) is 2.37. The van der Waals surface area contributed by atoms with Gasteiger partial charge >= 0.3 is 0 Å². The Hall–Kier alpha value is -1.37. The van der Waals surface area contributed by atoms with E-state index in [1.807, 2.05) is 18.3 Å². The maximum Gasteiger partial charge on any atom is 0.0574 e. The first-order chi connectivity index (χ1) is 7.83. The Morgan fingerprint density at radius 3 is 3.00 bits per heavy atom. The summed E-state index contributed by atoms with van der Waals surface area (Å²) in [5, 5.41) is 3.17. The minimum atomic E-state index is 0.647. The van der Waals surface area contributed by atoms with Gasteiger partial charge in [-0.05, 0) is 19.2 Å². The molecule has 86 valence electrons. The van der Waals surface area contributed by atoms with Crippen LogP contribution in [0.2, 0.25) is 0 Å². The molecule has 1 N–H and O–H groups in total. The number of hydrogen-bond acceptors (Lipinski definition) is 3. The van der Waals surface area contributed by atoms with E-state index >= 15 is 0 Å². The van der Waals surface area contributed by atoms with Crippen LogP contribution >= 0.6 is 0 Å². The number of rotatable bonds is 7. The summed E-state index contributed by atoms with van der Waals surface area (Å²) in [6, 6.07) is 6.03. The Labute approximate surface area is 97.9 Å². The van der Waals surface area contributed by atoms with Gasteiger partial charge in [0, 0.05) is 37.9 Å². The maximum atomic E-state index is 5.15. The van der Waals surface area contributed by atoms with Gasteiger partial charge in [-0.2, -0.15) is 0 Å². The number of nitrogens with one attached hydrogen (secondary N) is 1. The summed E-state index contributed by atoms with van der Waals surface area (Å²) in [7, 11) is 2.11. The van der Waals surface area contributed by atoms with Crippen LogP contribution in [0.5, 0.6) is 0 Å². The molecule has 1 rings (SSSR count). The van der Waals surface area contributed by atoms with E-state index in [0.717, 1.165) is 31.7 Å². The van der Waals surface area contributed by atoms with Crippen molar-refractivity contribution < 1.29 is 0 Å². The van der Waals surface area contributed by atoms with Gasteiger partial charge in [0.25, 0.3) is 0 Å². The van der Waals surface area contributed by atoms with Gasteiger partial charge in [0.1, 0.15) is 0 Å². The molecule has 1 aromatic heterocycles. The number of hydrogen-bond donors (Lipinski definition) is 1. The van der Waals surface area contributed by atoms with Crippen molar-refractivity contribution in [3.63, 3.8) is 0 Å². The summed E-state index contributed by atoms with van der Waals surface area (Å²) in [5.41, 5.74) is 1.14. The highest BCUT2D eigenvalue weighted by atomic mass is 15.1. The Balaban J connectivity index is 2.11. The summed E-state index contributed by atoms with van der Waals surface area (Å²) in [6.07, 6.45) is 7.98. The molecule has 1 aromatic rings. The standard InChI is InChI=1S/C13H19N3/c1-3-8-14-10-12-16(2)11-7-13-6-4-5-9-15-13/h1,4-6,9,14H,7-8,10-12H2,2H3. The lowest BCUT2D eigenvalue weighted by atomic mass is 10.2. The third-order valence-electron chi connectivity index (χ3n) is 2.37. The SMILES string of the molecule is C#CCNCCN(C)CCc1ccccn1. The van der Waals surface area contributed by atoms with Gasteiger partial charge in [-0.1, -0.05) is 12.0 Å². The van der Waals surface area contributed by atoms with E-state index in [1.54, 1.807) is 0 Å². The van der Waals surface area contributed by atoms with E-state index in [4.69, 9.17) is 6.42 Å². The average molecular weight is 217 g/mol. The van der Waals surface area contributed by atoms with Gasteiger partial charge in [0.05, 0.1) is 6.54 Å². The van der Waals surface area contributed by atoms with Crippen molar-refractivity contribution in [1.82, 2.24) is 15.2 Å². The summed E-state index contributed by atoms with van der Waals surface area (Å²) in [6.45, 7) is 3.61. The molecule has 0 saturated carbocycles. The molecule has 0 atom stereocenters. The zero-order valence-electron chi connectivity index (χ0n) is 9.82. The zero-order valence-corrected chi connectivity index (χ0v) is 9.82. The average Bonchev–Trinajstić information content (AvgIpc) is 2.33. The van der Waals surface area contributed by atoms with Crippen molar-refractivity contribution in [2.75, 3.05) is 33.2 Å². The van der Waals surface area contributed by atoms with E-state index < -0.39 is 0 Å². The molecule has 3 heteroatoms. The number of nitrogens with zero attached hydrogens (tertiary/aromatic N) is 2. The molecular weight excluding hydrogens is 198 g/mol. The summed E-state index contributed by atoms with van der Waals surface area (Å²) >= 11 is 0. The van der Waals surface area contributed by atoms with Crippen LogP contribution < -0.4 is 5.32 Å². The van der Waals surface area contributed by atoms with Crippen molar-refractivity contribution in [1.29, 1.82) is 0 Å². The van der Waals surface area contributed by atoms with Crippen LogP contribution in [-0.2, 0) is 6.42 Å². The second-order valence-electron chi connectivity index (χ2n) is 3.76. The van der Waals surface area contributed by atoms with E-state index in [0.29, 0.717) is 6.54 Å². The van der Waals surface area contributed by atoms with Gasteiger partial charge in [0.2, 0.25) is 0 Å². The van der Waals surface area contributed by atoms with Crippen molar-refractivity contribution in [2.24, 2.45) is 0 Å². The first-order valence-electron chi connectivity index (χ1n) is 5.55. The Bertz CT molecular complexity index is 316. The van der Waals surface area contributed by atoms with Crippen molar-refractivity contribution >= 4 is 0 Å². The fourth-order valence-corrected chi connectivity index (χ4v) is 1.39. The van der Waals surface area contributed by atoms with Gasteiger partial charge < -0.3 is 10.2 Å². The Kier molecular flexibility index (Phi) is 6.24. The zero-order chi connectivity index (χ0) is 11.6. The van der Waals surface area contributed by atoms with Crippen LogP contribution in [-0.4, -0.2) is 43.1 Å². The van der Waals surface area contributed by atoms with E-state index in [1.165, 1.54) is 0 Å². The quantitative estimate of drug-likeness (QED) is 0.540. The minimum Gasteiger partial charge on any atom is -0.305 e. The lowest BCUT2D eigenvalue weighted by Crippen LogP contribution is -2.30. The molecule has 0 radical (unpaired) electrons. The molecule has 0 spiro atoms. The van der Waals surface area contributed by atoms with Crippen LogP contribution in [0.3, 0.4) is 0 Å². The van der Waals surface area contributed by atoms with Gasteiger partial charge in [-0.15, -0.1) is 6.42 Å².